The van der Waals surface area contributed by atoms with E-state index in [0.29, 0.717) is 6.07 Å². The van der Waals surface area contributed by atoms with E-state index in [2.05, 4.69) is 5.32 Å². The molecule has 144 valence electrons. The predicted octanol–water partition coefficient (Wildman–Crippen LogP) is 3.19. The van der Waals surface area contributed by atoms with Crippen molar-refractivity contribution in [3.63, 3.8) is 0 Å². The second kappa shape index (κ2) is 10.7. The van der Waals surface area contributed by atoms with Crippen LogP contribution in [0.15, 0.2) is 22.7 Å². The number of carbonyl (C=O) groups excluding carboxylic acids is 2. The van der Waals surface area contributed by atoms with Crippen LogP contribution in [-0.4, -0.2) is 38.2 Å². The molecule has 0 aliphatic heterocycles. The number of benzene rings is 1. The molecule has 10 heteroatoms. The highest BCUT2D eigenvalue weighted by atomic mass is 32.2. The minimum atomic E-state index is -1.69. The quantitative estimate of drug-likeness (QED) is 0.172. The van der Waals surface area contributed by atoms with Crippen molar-refractivity contribution >= 4 is 29.4 Å². The zero-order valence-electron chi connectivity index (χ0n) is 14.4. The van der Waals surface area contributed by atoms with Crippen LogP contribution in [0.1, 0.15) is 13.8 Å². The fraction of sp³-hybridized carbons (Fsp3) is 0.375. The molecular formula is C16H18F3NO5S. The summed E-state index contributed by atoms with van der Waals surface area (Å²) in [5, 5.41) is 2.22. The fourth-order valence-corrected chi connectivity index (χ4v) is 2.44. The minimum absolute atomic E-state index is 0.0243. The summed E-state index contributed by atoms with van der Waals surface area (Å²) < 4.78 is 55.0. The molecule has 6 nitrogen and oxygen atoms in total. The molecule has 0 atom stereocenters. The van der Waals surface area contributed by atoms with Gasteiger partial charge in [-0.25, -0.2) is 22.8 Å². The molecule has 0 radical (unpaired) electrons. The molecule has 0 fully saturated rings. The van der Waals surface area contributed by atoms with Gasteiger partial charge in [-0.3, -0.25) is 0 Å². The summed E-state index contributed by atoms with van der Waals surface area (Å²) in [5.41, 5.74) is -1.02. The van der Waals surface area contributed by atoms with E-state index >= 15 is 0 Å². The number of ether oxygens (including phenoxy) is 3. The zero-order chi connectivity index (χ0) is 19.7. The molecule has 0 aliphatic carbocycles. The number of rotatable bonds is 9. The second-order valence-electron chi connectivity index (χ2n) is 4.54. The predicted molar refractivity (Wildman–Crippen MR) is 89.7 cm³/mol. The van der Waals surface area contributed by atoms with E-state index in [4.69, 9.17) is 14.2 Å². The average molecular weight is 393 g/mol. The fourth-order valence-electron chi connectivity index (χ4n) is 1.71. The first-order chi connectivity index (χ1) is 12.4. The third-order valence-electron chi connectivity index (χ3n) is 2.79. The number of thioether (sulfide) groups is 1. The average Bonchev–Trinajstić information content (AvgIpc) is 2.60. The van der Waals surface area contributed by atoms with Crippen molar-refractivity contribution in [2.75, 3.05) is 31.6 Å². The Bertz CT molecular complexity index is 677. The molecule has 0 aliphatic rings. The molecular weight excluding hydrogens is 375 g/mol. The summed E-state index contributed by atoms with van der Waals surface area (Å²) >= 11 is 0.813. The number of hydrogen-bond donors (Lipinski definition) is 1. The Kier molecular flexibility index (Phi) is 9.00. The van der Waals surface area contributed by atoms with Gasteiger partial charge in [-0.2, -0.15) is 0 Å². The van der Waals surface area contributed by atoms with Crippen LogP contribution in [0.25, 0.3) is 0 Å². The van der Waals surface area contributed by atoms with Crippen LogP contribution >= 0.6 is 11.8 Å². The Balaban J connectivity index is 3.41. The lowest BCUT2D eigenvalue weighted by Crippen LogP contribution is -2.22. The number of nitrogens with one attached hydrogen (secondary N) is 1. The van der Waals surface area contributed by atoms with Gasteiger partial charge in [0.05, 0.1) is 29.9 Å². The second-order valence-corrected chi connectivity index (χ2v) is 5.48. The van der Waals surface area contributed by atoms with E-state index < -0.39 is 40.7 Å². The van der Waals surface area contributed by atoms with E-state index in [1.807, 2.05) is 0 Å². The molecule has 0 heterocycles. The van der Waals surface area contributed by atoms with Crippen LogP contribution < -0.4 is 5.32 Å². The Labute approximate surface area is 152 Å². The zero-order valence-corrected chi connectivity index (χ0v) is 15.2. The van der Waals surface area contributed by atoms with Crippen molar-refractivity contribution in [3.05, 3.63) is 40.2 Å². The van der Waals surface area contributed by atoms with Crippen molar-refractivity contribution in [1.82, 2.24) is 0 Å². The van der Waals surface area contributed by atoms with Gasteiger partial charge in [-0.05, 0) is 26.0 Å². The summed E-state index contributed by atoms with van der Waals surface area (Å²) in [5.74, 6) is -6.64. The molecule has 1 rings (SSSR count). The lowest BCUT2D eigenvalue weighted by Gasteiger charge is -2.16. The molecule has 1 aromatic carbocycles. The number of carbonyl (C=O) groups is 2. The van der Waals surface area contributed by atoms with Gasteiger partial charge < -0.3 is 19.5 Å². The number of esters is 2. The van der Waals surface area contributed by atoms with Crippen molar-refractivity contribution in [2.45, 2.75) is 13.8 Å². The first-order valence-electron chi connectivity index (χ1n) is 7.48. The number of methoxy groups -OCH3 is 1. The van der Waals surface area contributed by atoms with Gasteiger partial charge in [-0.1, -0.05) is 11.8 Å². The largest absolute Gasteiger partial charge is 0.462 e. The van der Waals surface area contributed by atoms with Gasteiger partial charge in [0.25, 0.3) is 0 Å². The summed E-state index contributed by atoms with van der Waals surface area (Å²) in [6.07, 6.45) is 0. The van der Waals surface area contributed by atoms with Crippen molar-refractivity contribution < 1.29 is 37.0 Å². The van der Waals surface area contributed by atoms with Gasteiger partial charge in [0.2, 0.25) is 0 Å². The topological polar surface area (TPSA) is 73.9 Å². The molecule has 26 heavy (non-hydrogen) atoms. The summed E-state index contributed by atoms with van der Waals surface area (Å²) in [7, 11) is 1.36. The number of halogens is 3. The Morgan fingerprint density at radius 3 is 2.12 bits per heavy atom. The summed E-state index contributed by atoms with van der Waals surface area (Å²) in [6, 6.07) is 1.63. The molecule has 1 N–H and O–H groups in total. The molecule has 1 aromatic rings. The maximum Gasteiger partial charge on any atom is 0.348 e. The molecule has 0 spiro atoms. The molecule has 0 aromatic heterocycles. The lowest BCUT2D eigenvalue weighted by atomic mass is 10.2. The van der Waals surface area contributed by atoms with Crippen molar-refractivity contribution in [3.8, 4) is 0 Å². The van der Waals surface area contributed by atoms with Crippen LogP contribution in [0, 0.1) is 17.5 Å². The highest BCUT2D eigenvalue weighted by molar-refractivity contribution is 8.03. The number of anilines is 1. The Morgan fingerprint density at radius 2 is 1.62 bits per heavy atom. The standard InChI is InChI=1S/C16H18F3NO5S/c1-4-24-15(21)11(16(22)25-5-2)14(26-8-23-3)20-10-7-6-9(17)12(18)13(10)19/h6-7,20H,4-5,8H2,1-3H3. The monoisotopic (exact) mass is 393 g/mol. The van der Waals surface area contributed by atoms with Gasteiger partial charge in [-0.15, -0.1) is 0 Å². The smallest absolute Gasteiger partial charge is 0.348 e. The minimum Gasteiger partial charge on any atom is -0.462 e. The summed E-state index contributed by atoms with van der Waals surface area (Å²) in [6.45, 7) is 3.02. The molecule has 0 amide bonds. The van der Waals surface area contributed by atoms with Crippen LogP contribution in [0.5, 0.6) is 0 Å². The highest BCUT2D eigenvalue weighted by Crippen LogP contribution is 2.28. The highest BCUT2D eigenvalue weighted by Gasteiger charge is 2.28. The third kappa shape index (κ3) is 5.67. The van der Waals surface area contributed by atoms with E-state index in [1.54, 1.807) is 0 Å². The van der Waals surface area contributed by atoms with Gasteiger partial charge >= 0.3 is 11.9 Å². The van der Waals surface area contributed by atoms with Crippen molar-refractivity contribution in [2.24, 2.45) is 0 Å². The van der Waals surface area contributed by atoms with Crippen LogP contribution in [-0.2, 0) is 23.8 Å². The van der Waals surface area contributed by atoms with E-state index in [9.17, 15) is 22.8 Å². The maximum absolute atomic E-state index is 13.9. The van der Waals surface area contributed by atoms with Crippen LogP contribution in [0.3, 0.4) is 0 Å². The maximum atomic E-state index is 13.9. The lowest BCUT2D eigenvalue weighted by molar-refractivity contribution is -0.146. The molecule has 0 saturated heterocycles. The summed E-state index contributed by atoms with van der Waals surface area (Å²) in [4.78, 5) is 24.3. The van der Waals surface area contributed by atoms with Crippen LogP contribution in [0.4, 0.5) is 18.9 Å². The van der Waals surface area contributed by atoms with E-state index in [0.717, 1.165) is 17.8 Å². The first kappa shape index (κ1) is 21.8. The molecule has 0 bridgehead atoms. The van der Waals surface area contributed by atoms with E-state index in [1.165, 1.54) is 21.0 Å². The Hall–Kier alpha value is -2.20. The SMILES string of the molecule is CCOC(=O)C(C(=O)OCC)=C(Nc1ccc(F)c(F)c1F)SCOC. The first-order valence-corrected chi connectivity index (χ1v) is 8.46. The van der Waals surface area contributed by atoms with Gasteiger partial charge in [0.15, 0.2) is 23.0 Å². The third-order valence-corrected chi connectivity index (χ3v) is 3.74. The van der Waals surface area contributed by atoms with Crippen LogP contribution in [0.2, 0.25) is 0 Å². The number of hydrogen-bond acceptors (Lipinski definition) is 7. The molecule has 0 saturated carbocycles. The van der Waals surface area contributed by atoms with E-state index in [-0.39, 0.29) is 24.2 Å². The van der Waals surface area contributed by atoms with Crippen molar-refractivity contribution in [1.29, 1.82) is 0 Å². The normalized spacial score (nSPS) is 10.2. The Morgan fingerprint density at radius 1 is 1.04 bits per heavy atom. The van der Waals surface area contributed by atoms with Gasteiger partial charge in [0.1, 0.15) is 0 Å². The van der Waals surface area contributed by atoms with Gasteiger partial charge in [0, 0.05) is 7.11 Å². The molecule has 0 unspecified atom stereocenters.